The summed E-state index contributed by atoms with van der Waals surface area (Å²) in [7, 11) is 0. The summed E-state index contributed by atoms with van der Waals surface area (Å²) in [6.07, 6.45) is 4.12. The fraction of sp³-hybridized carbons (Fsp3) is 0.640. The topological polar surface area (TPSA) is 71.6 Å². The summed E-state index contributed by atoms with van der Waals surface area (Å²) in [4.78, 5) is 20.8. The summed E-state index contributed by atoms with van der Waals surface area (Å²) in [6.45, 7) is 9.45. The third-order valence-corrected chi connectivity index (χ3v) is 7.72. The van der Waals surface area contributed by atoms with Crippen molar-refractivity contribution in [2.75, 3.05) is 26.2 Å². The van der Waals surface area contributed by atoms with Crippen LogP contribution in [0.1, 0.15) is 68.9 Å². The molecule has 6 heteroatoms. The average Bonchev–Trinajstić information content (AvgIpc) is 3.48. The lowest BCUT2D eigenvalue weighted by molar-refractivity contribution is 0.0925. The first kappa shape index (κ1) is 20.8. The molecular weight excluding hydrogens is 388 g/mol. The van der Waals surface area contributed by atoms with Crippen molar-refractivity contribution >= 4 is 16.9 Å². The van der Waals surface area contributed by atoms with Crippen molar-refractivity contribution in [1.82, 2.24) is 20.1 Å². The minimum absolute atomic E-state index is 0.0626. The zero-order valence-electron chi connectivity index (χ0n) is 19.0. The molecule has 3 N–H and O–H groups in total. The number of aliphatic hydroxyl groups is 1. The van der Waals surface area contributed by atoms with Crippen LogP contribution in [0.15, 0.2) is 18.2 Å². The van der Waals surface area contributed by atoms with Crippen LogP contribution in [-0.2, 0) is 6.42 Å². The molecule has 2 heterocycles. The number of nitrogens with one attached hydrogen (secondary N) is 2. The quantitative estimate of drug-likeness (QED) is 0.661. The number of aliphatic hydroxyl groups excluding tert-OH is 1. The number of aromatic nitrogens is 1. The van der Waals surface area contributed by atoms with Gasteiger partial charge in [-0.1, -0.05) is 12.1 Å². The van der Waals surface area contributed by atoms with E-state index < -0.39 is 6.10 Å². The van der Waals surface area contributed by atoms with Crippen LogP contribution >= 0.6 is 0 Å². The molecular formula is C25H36N4O2. The maximum Gasteiger partial charge on any atom is 0.317 e. The number of hydrogen-bond acceptors (Lipinski definition) is 3. The molecule has 3 aliphatic rings. The summed E-state index contributed by atoms with van der Waals surface area (Å²) in [5.74, 6) is 1.21. The van der Waals surface area contributed by atoms with Gasteiger partial charge in [0, 0.05) is 60.8 Å². The Balaban J connectivity index is 1.49. The number of hydrogen-bond donors (Lipinski definition) is 3. The predicted molar refractivity (Wildman–Crippen MR) is 123 cm³/mol. The lowest BCUT2D eigenvalue weighted by atomic mass is 9.73. The Morgan fingerprint density at radius 3 is 2.77 bits per heavy atom. The second kappa shape index (κ2) is 8.14. The summed E-state index contributed by atoms with van der Waals surface area (Å²) in [5.41, 5.74) is 4.79. The van der Waals surface area contributed by atoms with E-state index in [4.69, 9.17) is 0 Å². The molecule has 5 rings (SSSR count). The van der Waals surface area contributed by atoms with E-state index in [1.807, 2.05) is 25.7 Å². The molecule has 6 nitrogen and oxygen atoms in total. The van der Waals surface area contributed by atoms with Crippen molar-refractivity contribution in [3.05, 3.63) is 35.0 Å². The van der Waals surface area contributed by atoms with Gasteiger partial charge in [-0.15, -0.1) is 0 Å². The van der Waals surface area contributed by atoms with Crippen LogP contribution in [0.4, 0.5) is 4.79 Å². The van der Waals surface area contributed by atoms with Gasteiger partial charge in [-0.2, -0.15) is 0 Å². The highest BCUT2D eigenvalue weighted by atomic mass is 16.3. The molecule has 2 amide bonds. The number of benzene rings is 1. The Kier molecular flexibility index (Phi) is 5.47. The van der Waals surface area contributed by atoms with Crippen LogP contribution < -0.4 is 5.32 Å². The lowest BCUT2D eigenvalue weighted by Gasteiger charge is -2.47. The van der Waals surface area contributed by atoms with Gasteiger partial charge in [0.05, 0.1) is 6.10 Å². The van der Waals surface area contributed by atoms with Crippen LogP contribution in [0.25, 0.3) is 10.9 Å². The van der Waals surface area contributed by atoms with Crippen molar-refractivity contribution in [1.29, 1.82) is 0 Å². The van der Waals surface area contributed by atoms with E-state index in [-0.39, 0.29) is 12.1 Å². The monoisotopic (exact) mass is 424 g/mol. The number of piperidine rings is 1. The SMILES string of the molecule is CCN(CC)C(=O)N[C@H]1C[C@@H]2c3cccc4[nH]c(C(C)O)c(c34)C[C@H]2N(CC2CC2)C1. The number of carbonyl (C=O) groups is 1. The van der Waals surface area contributed by atoms with Crippen molar-refractivity contribution in [3.63, 3.8) is 0 Å². The summed E-state index contributed by atoms with van der Waals surface area (Å²) < 4.78 is 0. The fourth-order valence-corrected chi connectivity index (χ4v) is 5.99. The van der Waals surface area contributed by atoms with Gasteiger partial charge in [-0.3, -0.25) is 4.90 Å². The Morgan fingerprint density at radius 1 is 1.32 bits per heavy atom. The number of aromatic amines is 1. The Bertz CT molecular complexity index is 960. The fourth-order valence-electron chi connectivity index (χ4n) is 5.99. The normalized spacial score (nSPS) is 26.5. The number of likely N-dealkylation sites (tertiary alicyclic amines) is 1. The Labute approximate surface area is 185 Å². The zero-order chi connectivity index (χ0) is 21.7. The molecule has 1 aliphatic heterocycles. The molecule has 31 heavy (non-hydrogen) atoms. The van der Waals surface area contributed by atoms with Crippen molar-refractivity contribution in [3.8, 4) is 0 Å². The number of fused-ring (bicyclic) bond motifs is 2. The molecule has 168 valence electrons. The Hall–Kier alpha value is -2.05. The number of H-pyrrole nitrogens is 1. The van der Waals surface area contributed by atoms with Crippen LogP contribution in [0, 0.1) is 5.92 Å². The maximum absolute atomic E-state index is 12.8. The molecule has 2 aliphatic carbocycles. The number of carbonyl (C=O) groups excluding carboxylic acids is 1. The molecule has 1 saturated carbocycles. The van der Waals surface area contributed by atoms with Gasteiger partial charge in [-0.05, 0) is 69.6 Å². The second-order valence-electron chi connectivity index (χ2n) is 9.79. The van der Waals surface area contributed by atoms with Gasteiger partial charge in [0.15, 0.2) is 0 Å². The van der Waals surface area contributed by atoms with Crippen molar-refractivity contribution in [2.45, 2.75) is 70.6 Å². The molecule has 0 radical (unpaired) electrons. The standard InChI is InChI=1S/C25H36N4O2/c1-4-28(5-2)25(31)26-17-11-19-18-7-6-8-21-23(18)20(24(27-21)15(3)30)12-22(19)29(14-17)13-16-9-10-16/h6-8,15-17,19,22,27,30H,4-5,9-14H2,1-3H3,(H,26,31)/t15?,17-,19+,22+/m0/s1. The first-order valence-corrected chi connectivity index (χ1v) is 12.1. The van der Waals surface area contributed by atoms with E-state index in [0.29, 0.717) is 12.0 Å². The van der Waals surface area contributed by atoms with Gasteiger partial charge in [0.25, 0.3) is 0 Å². The van der Waals surface area contributed by atoms with Gasteiger partial charge in [-0.25, -0.2) is 4.79 Å². The summed E-state index contributed by atoms with van der Waals surface area (Å²) in [5, 5.41) is 15.1. The van der Waals surface area contributed by atoms with E-state index in [0.717, 1.165) is 56.1 Å². The van der Waals surface area contributed by atoms with Crippen molar-refractivity contribution in [2.24, 2.45) is 5.92 Å². The lowest BCUT2D eigenvalue weighted by Crippen LogP contribution is -2.58. The third kappa shape index (κ3) is 3.74. The minimum Gasteiger partial charge on any atom is -0.387 e. The smallest absolute Gasteiger partial charge is 0.317 e. The van der Waals surface area contributed by atoms with Crippen LogP contribution in [0.2, 0.25) is 0 Å². The summed E-state index contributed by atoms with van der Waals surface area (Å²) >= 11 is 0. The van der Waals surface area contributed by atoms with E-state index in [2.05, 4.69) is 33.4 Å². The van der Waals surface area contributed by atoms with E-state index in [1.165, 1.54) is 29.4 Å². The maximum atomic E-state index is 12.8. The number of amides is 2. The van der Waals surface area contributed by atoms with Gasteiger partial charge in [0.2, 0.25) is 0 Å². The van der Waals surface area contributed by atoms with E-state index in [1.54, 1.807) is 0 Å². The third-order valence-electron chi connectivity index (χ3n) is 7.72. The van der Waals surface area contributed by atoms with Crippen LogP contribution in [0.3, 0.4) is 0 Å². The molecule has 1 unspecified atom stereocenters. The number of urea groups is 1. The predicted octanol–water partition coefficient (Wildman–Crippen LogP) is 3.77. The van der Waals surface area contributed by atoms with Crippen LogP contribution in [-0.4, -0.2) is 64.2 Å². The molecule has 2 fully saturated rings. The van der Waals surface area contributed by atoms with Gasteiger partial charge < -0.3 is 20.3 Å². The van der Waals surface area contributed by atoms with Gasteiger partial charge >= 0.3 is 6.03 Å². The highest BCUT2D eigenvalue weighted by molar-refractivity contribution is 5.90. The molecule has 1 aromatic heterocycles. The first-order chi connectivity index (χ1) is 15.0. The molecule has 1 aromatic carbocycles. The second-order valence-corrected chi connectivity index (χ2v) is 9.79. The number of nitrogens with zero attached hydrogens (tertiary/aromatic N) is 2. The van der Waals surface area contributed by atoms with E-state index >= 15 is 0 Å². The Morgan fingerprint density at radius 2 is 2.10 bits per heavy atom. The largest absolute Gasteiger partial charge is 0.387 e. The first-order valence-electron chi connectivity index (χ1n) is 12.1. The highest BCUT2D eigenvalue weighted by Crippen LogP contribution is 2.46. The zero-order valence-corrected chi connectivity index (χ0v) is 19.0. The van der Waals surface area contributed by atoms with Crippen molar-refractivity contribution < 1.29 is 9.90 Å². The molecule has 4 atom stereocenters. The van der Waals surface area contributed by atoms with E-state index in [9.17, 15) is 9.90 Å². The van der Waals surface area contributed by atoms with Crippen LogP contribution in [0.5, 0.6) is 0 Å². The molecule has 0 bridgehead atoms. The molecule has 0 spiro atoms. The summed E-state index contributed by atoms with van der Waals surface area (Å²) in [6, 6.07) is 7.20. The average molecular weight is 425 g/mol. The highest BCUT2D eigenvalue weighted by Gasteiger charge is 2.43. The minimum atomic E-state index is -0.492. The van der Waals surface area contributed by atoms with Gasteiger partial charge in [0.1, 0.15) is 0 Å². The molecule has 2 aromatic rings. The molecule has 1 saturated heterocycles. The number of rotatable bonds is 6.